The van der Waals surface area contributed by atoms with Crippen LogP contribution in [-0.4, -0.2) is 16.2 Å². The summed E-state index contributed by atoms with van der Waals surface area (Å²) in [5, 5.41) is 17.8. The summed E-state index contributed by atoms with van der Waals surface area (Å²) in [5.74, 6) is -1.15. The molecule has 90 valence electrons. The van der Waals surface area contributed by atoms with E-state index < -0.39 is 5.97 Å². The van der Waals surface area contributed by atoms with Gasteiger partial charge in [-0.3, -0.25) is 0 Å². The maximum absolute atomic E-state index is 10.9. The van der Waals surface area contributed by atoms with Crippen molar-refractivity contribution in [2.75, 3.05) is 0 Å². The molecule has 0 aliphatic carbocycles. The minimum absolute atomic E-state index is 0.116. The van der Waals surface area contributed by atoms with E-state index in [1.807, 2.05) is 42.5 Å². The maximum atomic E-state index is 10.9. The number of carboxylic acids is 1. The largest absolute Gasteiger partial charge is 0.515 e. The molecular weight excluding hydrogens is 228 g/mol. The summed E-state index contributed by atoms with van der Waals surface area (Å²) in [7, 11) is 0. The number of carbonyl (C=O) groups is 1. The molecule has 0 aromatic heterocycles. The first-order chi connectivity index (χ1) is 8.72. The molecule has 0 atom stereocenters. The van der Waals surface area contributed by atoms with Gasteiger partial charge in [0.25, 0.3) is 0 Å². The van der Waals surface area contributed by atoms with Gasteiger partial charge in [0.05, 0.1) is 6.26 Å². The zero-order valence-electron chi connectivity index (χ0n) is 9.58. The third-order valence-electron chi connectivity index (χ3n) is 2.66. The molecule has 0 saturated heterocycles. The molecule has 2 rings (SSSR count). The standard InChI is InChI=1S/C15H12O3/c16-10-14(15(17)18)13-8-6-12(7-9-13)11-4-2-1-3-5-11/h1-10,16H,(H,17,18). The Balaban J connectivity index is 2.34. The summed E-state index contributed by atoms with van der Waals surface area (Å²) < 4.78 is 0. The number of hydrogen-bond acceptors (Lipinski definition) is 2. The molecule has 2 aromatic carbocycles. The SMILES string of the molecule is O=C(O)C(=CO)c1ccc(-c2ccccc2)cc1. The van der Waals surface area contributed by atoms with Crippen LogP contribution in [0.1, 0.15) is 5.56 Å². The molecule has 2 aromatic rings. The first kappa shape index (κ1) is 11.9. The fourth-order valence-corrected chi connectivity index (χ4v) is 1.73. The highest BCUT2D eigenvalue weighted by Gasteiger charge is 2.10. The number of aliphatic carboxylic acids is 1. The van der Waals surface area contributed by atoms with E-state index in [0.717, 1.165) is 11.1 Å². The molecule has 0 amide bonds. The first-order valence-corrected chi connectivity index (χ1v) is 5.46. The first-order valence-electron chi connectivity index (χ1n) is 5.46. The van der Waals surface area contributed by atoms with Gasteiger partial charge in [-0.2, -0.15) is 0 Å². The van der Waals surface area contributed by atoms with Crippen LogP contribution in [0.15, 0.2) is 60.9 Å². The van der Waals surface area contributed by atoms with Gasteiger partial charge in [0.15, 0.2) is 0 Å². The summed E-state index contributed by atoms with van der Waals surface area (Å²) in [6, 6.07) is 16.8. The molecule has 2 N–H and O–H groups in total. The highest BCUT2D eigenvalue weighted by atomic mass is 16.4. The topological polar surface area (TPSA) is 57.5 Å². The van der Waals surface area contributed by atoms with Gasteiger partial charge in [0.1, 0.15) is 5.57 Å². The second-order valence-electron chi connectivity index (χ2n) is 3.79. The summed E-state index contributed by atoms with van der Waals surface area (Å²) in [5.41, 5.74) is 2.43. The van der Waals surface area contributed by atoms with E-state index in [-0.39, 0.29) is 5.57 Å². The predicted molar refractivity (Wildman–Crippen MR) is 70.1 cm³/mol. The van der Waals surface area contributed by atoms with Crippen LogP contribution in [0.25, 0.3) is 16.7 Å². The molecule has 0 spiro atoms. The fraction of sp³-hybridized carbons (Fsp3) is 0. The van der Waals surface area contributed by atoms with Crippen molar-refractivity contribution in [3.8, 4) is 11.1 Å². The number of benzene rings is 2. The van der Waals surface area contributed by atoms with E-state index in [1.165, 1.54) is 0 Å². The molecule has 0 heterocycles. The van der Waals surface area contributed by atoms with Gasteiger partial charge in [-0.15, -0.1) is 0 Å². The Kier molecular flexibility index (Phi) is 3.44. The zero-order valence-corrected chi connectivity index (χ0v) is 9.58. The van der Waals surface area contributed by atoms with E-state index in [0.29, 0.717) is 11.8 Å². The van der Waals surface area contributed by atoms with Crippen molar-refractivity contribution in [3.05, 3.63) is 66.4 Å². The summed E-state index contributed by atoms with van der Waals surface area (Å²) >= 11 is 0. The molecule has 0 saturated carbocycles. The molecule has 3 heteroatoms. The maximum Gasteiger partial charge on any atom is 0.339 e. The zero-order chi connectivity index (χ0) is 13.0. The van der Waals surface area contributed by atoms with Crippen molar-refractivity contribution in [2.45, 2.75) is 0 Å². The van der Waals surface area contributed by atoms with Crippen LogP contribution in [-0.2, 0) is 4.79 Å². The van der Waals surface area contributed by atoms with Crippen molar-refractivity contribution in [2.24, 2.45) is 0 Å². The molecule has 18 heavy (non-hydrogen) atoms. The van der Waals surface area contributed by atoms with Crippen LogP contribution in [0.5, 0.6) is 0 Å². The van der Waals surface area contributed by atoms with Gasteiger partial charge in [0, 0.05) is 0 Å². The lowest BCUT2D eigenvalue weighted by Gasteiger charge is -2.04. The Morgan fingerprint density at radius 2 is 1.44 bits per heavy atom. The highest BCUT2D eigenvalue weighted by molar-refractivity contribution is 6.15. The minimum Gasteiger partial charge on any atom is -0.515 e. The Morgan fingerprint density at radius 1 is 0.889 bits per heavy atom. The average molecular weight is 240 g/mol. The van der Waals surface area contributed by atoms with E-state index >= 15 is 0 Å². The Morgan fingerprint density at radius 3 is 1.94 bits per heavy atom. The molecule has 0 unspecified atom stereocenters. The van der Waals surface area contributed by atoms with Gasteiger partial charge in [-0.1, -0.05) is 54.6 Å². The van der Waals surface area contributed by atoms with Crippen LogP contribution >= 0.6 is 0 Å². The number of rotatable bonds is 3. The van der Waals surface area contributed by atoms with E-state index in [4.69, 9.17) is 10.2 Å². The Hall–Kier alpha value is -2.55. The van der Waals surface area contributed by atoms with Gasteiger partial charge >= 0.3 is 5.97 Å². The Labute approximate surface area is 105 Å². The third kappa shape index (κ3) is 2.40. The number of hydrogen-bond donors (Lipinski definition) is 2. The van der Waals surface area contributed by atoms with Crippen molar-refractivity contribution in [1.29, 1.82) is 0 Å². The summed E-state index contributed by atoms with van der Waals surface area (Å²) in [6.07, 6.45) is 0.611. The van der Waals surface area contributed by atoms with Gasteiger partial charge in [0.2, 0.25) is 0 Å². The van der Waals surface area contributed by atoms with Crippen molar-refractivity contribution in [3.63, 3.8) is 0 Å². The smallest absolute Gasteiger partial charge is 0.339 e. The Bertz CT molecular complexity index is 568. The monoisotopic (exact) mass is 240 g/mol. The lowest BCUT2D eigenvalue weighted by atomic mass is 10.0. The molecule has 3 nitrogen and oxygen atoms in total. The lowest BCUT2D eigenvalue weighted by molar-refractivity contribution is -0.130. The van der Waals surface area contributed by atoms with E-state index in [9.17, 15) is 4.79 Å². The normalized spacial score (nSPS) is 11.2. The van der Waals surface area contributed by atoms with E-state index in [1.54, 1.807) is 12.1 Å². The number of aliphatic hydroxyl groups is 1. The molecule has 0 fully saturated rings. The average Bonchev–Trinajstić information content (AvgIpc) is 2.41. The van der Waals surface area contributed by atoms with Crippen LogP contribution < -0.4 is 0 Å². The third-order valence-corrected chi connectivity index (χ3v) is 2.66. The molecule has 0 aliphatic rings. The summed E-state index contributed by atoms with van der Waals surface area (Å²) in [6.45, 7) is 0. The second kappa shape index (κ2) is 5.19. The van der Waals surface area contributed by atoms with Crippen LogP contribution in [0, 0.1) is 0 Å². The van der Waals surface area contributed by atoms with E-state index in [2.05, 4.69) is 0 Å². The quantitative estimate of drug-likeness (QED) is 0.639. The number of aliphatic hydroxyl groups excluding tert-OH is 1. The van der Waals surface area contributed by atoms with Gasteiger partial charge in [-0.25, -0.2) is 4.79 Å². The van der Waals surface area contributed by atoms with Gasteiger partial charge in [-0.05, 0) is 16.7 Å². The van der Waals surface area contributed by atoms with Crippen molar-refractivity contribution in [1.82, 2.24) is 0 Å². The molecular formula is C15H12O3. The molecule has 0 bridgehead atoms. The second-order valence-corrected chi connectivity index (χ2v) is 3.79. The lowest BCUT2D eigenvalue weighted by Crippen LogP contribution is -1.99. The van der Waals surface area contributed by atoms with Crippen LogP contribution in [0.2, 0.25) is 0 Å². The minimum atomic E-state index is -1.15. The van der Waals surface area contributed by atoms with Crippen LogP contribution in [0.3, 0.4) is 0 Å². The van der Waals surface area contributed by atoms with Gasteiger partial charge < -0.3 is 10.2 Å². The fourth-order valence-electron chi connectivity index (χ4n) is 1.73. The van der Waals surface area contributed by atoms with Crippen LogP contribution in [0.4, 0.5) is 0 Å². The highest BCUT2D eigenvalue weighted by Crippen LogP contribution is 2.22. The number of carboxylic acid groups (broad SMARTS) is 1. The molecule has 0 aliphatic heterocycles. The molecule has 0 radical (unpaired) electrons. The van der Waals surface area contributed by atoms with Crippen molar-refractivity contribution >= 4 is 11.5 Å². The van der Waals surface area contributed by atoms with Crippen molar-refractivity contribution < 1.29 is 15.0 Å². The summed E-state index contributed by atoms with van der Waals surface area (Å²) in [4.78, 5) is 10.9. The predicted octanol–water partition coefficient (Wildman–Crippen LogP) is 3.34.